The van der Waals surface area contributed by atoms with Crippen LogP contribution in [0.3, 0.4) is 0 Å². The van der Waals surface area contributed by atoms with Crippen LogP contribution >= 0.6 is 0 Å². The summed E-state index contributed by atoms with van der Waals surface area (Å²) >= 11 is 0. The molecular weight excluding hydrogens is 372 g/mol. The summed E-state index contributed by atoms with van der Waals surface area (Å²) in [6.45, 7) is 10.4. The first-order chi connectivity index (χ1) is 12.8. The molecule has 10 heteroatoms. The van der Waals surface area contributed by atoms with Gasteiger partial charge in [0.2, 0.25) is 5.88 Å². The van der Waals surface area contributed by atoms with Gasteiger partial charge in [-0.05, 0) is 48.0 Å². The molecule has 3 rings (SSSR count). The van der Waals surface area contributed by atoms with Crippen molar-refractivity contribution in [2.24, 2.45) is 5.92 Å². The van der Waals surface area contributed by atoms with Crippen molar-refractivity contribution >= 4 is 18.2 Å². The van der Waals surface area contributed by atoms with E-state index >= 15 is 0 Å². The summed E-state index contributed by atoms with van der Waals surface area (Å²) in [5.74, 6) is -1.24. The highest BCUT2D eigenvalue weighted by atomic mass is 16.8. The number of β-lactam (4-membered cyclic amide) rings is 1. The number of nitrogens with zero attached hydrogens (tertiary/aromatic N) is 2. The van der Waals surface area contributed by atoms with Crippen LogP contribution in [0.2, 0.25) is 0 Å². The first kappa shape index (κ1) is 20.2. The fourth-order valence-electron chi connectivity index (χ4n) is 3.50. The van der Waals surface area contributed by atoms with Crippen LogP contribution in [-0.4, -0.2) is 63.1 Å². The number of hydrogen-bond acceptors (Lipinski definition) is 9. The predicted octanol–water partition coefficient (Wildman–Crippen LogP) is 2.45. The van der Waals surface area contributed by atoms with Crippen molar-refractivity contribution in [1.29, 1.82) is 0 Å². The zero-order valence-corrected chi connectivity index (χ0v) is 16.8. The van der Waals surface area contributed by atoms with Crippen LogP contribution in [0.25, 0.3) is 0 Å². The molecule has 0 aromatic heterocycles. The maximum Gasteiger partial charge on any atom is 0.528 e. The molecule has 0 aromatic carbocycles. The molecule has 1 amide bonds. The molecule has 3 heterocycles. The van der Waals surface area contributed by atoms with Crippen molar-refractivity contribution in [3.8, 4) is 0 Å². The van der Waals surface area contributed by atoms with Crippen molar-refractivity contribution in [1.82, 2.24) is 9.96 Å². The Morgan fingerprint density at radius 3 is 2.18 bits per heavy atom. The molecule has 0 saturated carbocycles. The molecule has 156 valence electrons. The van der Waals surface area contributed by atoms with E-state index in [0.717, 1.165) is 0 Å². The second-order valence-electron chi connectivity index (χ2n) is 8.99. The first-order valence-electron chi connectivity index (χ1n) is 9.13. The van der Waals surface area contributed by atoms with Gasteiger partial charge in [-0.1, -0.05) is 0 Å². The van der Waals surface area contributed by atoms with Crippen molar-refractivity contribution < 1.29 is 38.5 Å². The van der Waals surface area contributed by atoms with Crippen LogP contribution in [0.1, 0.15) is 48.0 Å². The van der Waals surface area contributed by atoms with Gasteiger partial charge < -0.3 is 24.2 Å². The van der Waals surface area contributed by atoms with Gasteiger partial charge >= 0.3 is 12.3 Å². The fraction of sp³-hybridized carbons (Fsp3) is 0.722. The van der Waals surface area contributed by atoms with E-state index in [1.807, 2.05) is 0 Å². The smallest absolute Gasteiger partial charge is 0.507 e. The molecule has 2 saturated heterocycles. The Morgan fingerprint density at radius 2 is 1.61 bits per heavy atom. The zero-order valence-electron chi connectivity index (χ0n) is 16.8. The second-order valence-corrected chi connectivity index (χ2v) is 8.99. The number of carbonyl (C=O) groups is 3. The molecule has 0 bridgehead atoms. The number of hydroxylamine groups is 2. The number of rotatable bonds is 2. The highest BCUT2D eigenvalue weighted by Crippen LogP contribution is 2.48. The van der Waals surface area contributed by atoms with E-state index in [2.05, 4.69) is 0 Å². The van der Waals surface area contributed by atoms with Crippen LogP contribution in [0.5, 0.6) is 0 Å². The fourth-order valence-corrected chi connectivity index (χ4v) is 3.50. The second kappa shape index (κ2) is 6.54. The van der Waals surface area contributed by atoms with E-state index < -0.39 is 47.4 Å². The largest absolute Gasteiger partial charge is 0.528 e. The minimum atomic E-state index is -1.01. The van der Waals surface area contributed by atoms with Crippen LogP contribution in [0.4, 0.5) is 9.59 Å². The quantitative estimate of drug-likeness (QED) is 0.553. The van der Waals surface area contributed by atoms with Crippen molar-refractivity contribution in [2.45, 2.75) is 71.2 Å². The van der Waals surface area contributed by atoms with Crippen LogP contribution < -0.4 is 0 Å². The predicted molar refractivity (Wildman–Crippen MR) is 93.5 cm³/mol. The van der Waals surface area contributed by atoms with Gasteiger partial charge in [0, 0.05) is 12.5 Å². The van der Waals surface area contributed by atoms with Gasteiger partial charge in [0.25, 0.3) is 5.91 Å². The molecule has 1 N–H and O–H groups in total. The summed E-state index contributed by atoms with van der Waals surface area (Å²) in [4.78, 5) is 42.9. The molecule has 0 radical (unpaired) electrons. The lowest BCUT2D eigenvalue weighted by Crippen LogP contribution is -2.72. The van der Waals surface area contributed by atoms with E-state index in [9.17, 15) is 19.5 Å². The summed E-state index contributed by atoms with van der Waals surface area (Å²) in [7, 11) is 0. The van der Waals surface area contributed by atoms with Crippen molar-refractivity contribution in [3.05, 3.63) is 11.6 Å². The lowest BCUT2D eigenvalue weighted by Gasteiger charge is -2.50. The van der Waals surface area contributed by atoms with Crippen LogP contribution in [0.15, 0.2) is 11.6 Å². The molecule has 3 aliphatic heterocycles. The lowest BCUT2D eigenvalue weighted by atomic mass is 9.81. The minimum absolute atomic E-state index is 0.177. The van der Waals surface area contributed by atoms with E-state index in [1.165, 1.54) is 9.96 Å². The number of hydrogen-bond donors (Lipinski definition) is 1. The maximum absolute atomic E-state index is 12.6. The molecule has 0 aliphatic carbocycles. The summed E-state index contributed by atoms with van der Waals surface area (Å²) in [6, 6.07) is -1.26. The Balaban J connectivity index is 1.69. The molecule has 10 nitrogen and oxygen atoms in total. The van der Waals surface area contributed by atoms with E-state index in [0.29, 0.717) is 6.42 Å². The normalized spacial score (nSPS) is 27.1. The van der Waals surface area contributed by atoms with E-state index in [1.54, 1.807) is 41.5 Å². The summed E-state index contributed by atoms with van der Waals surface area (Å²) in [6.07, 6.45) is -1.51. The minimum Gasteiger partial charge on any atom is -0.507 e. The Labute approximate surface area is 162 Å². The molecule has 1 unspecified atom stereocenters. The van der Waals surface area contributed by atoms with Crippen LogP contribution in [0, 0.1) is 5.92 Å². The monoisotopic (exact) mass is 398 g/mol. The van der Waals surface area contributed by atoms with Crippen LogP contribution in [-0.2, 0) is 23.8 Å². The number of amides is 1. The highest BCUT2D eigenvalue weighted by molar-refractivity contribution is 5.92. The molecule has 3 atom stereocenters. The average molecular weight is 398 g/mol. The van der Waals surface area contributed by atoms with Gasteiger partial charge in [0.15, 0.2) is 5.76 Å². The Morgan fingerprint density at radius 1 is 1.04 bits per heavy atom. The Bertz CT molecular complexity index is 733. The van der Waals surface area contributed by atoms with Gasteiger partial charge in [-0.25, -0.2) is 9.59 Å². The van der Waals surface area contributed by atoms with Gasteiger partial charge in [-0.2, -0.15) is 0 Å². The Kier molecular flexibility index (Phi) is 4.73. The number of aliphatic hydroxyl groups is 1. The van der Waals surface area contributed by atoms with Gasteiger partial charge in [0.1, 0.15) is 17.2 Å². The third-order valence-electron chi connectivity index (χ3n) is 4.44. The molecule has 3 aliphatic rings. The third kappa shape index (κ3) is 3.73. The number of carbonyl (C=O) groups excluding carboxylic acids is 3. The van der Waals surface area contributed by atoms with Gasteiger partial charge in [-0.3, -0.25) is 9.69 Å². The molecule has 28 heavy (non-hydrogen) atoms. The van der Waals surface area contributed by atoms with E-state index in [4.69, 9.17) is 19.0 Å². The lowest BCUT2D eigenvalue weighted by molar-refractivity contribution is -0.223. The third-order valence-corrected chi connectivity index (χ3v) is 4.44. The van der Waals surface area contributed by atoms with Gasteiger partial charge in [0.05, 0.1) is 6.04 Å². The van der Waals surface area contributed by atoms with E-state index in [-0.39, 0.29) is 18.2 Å². The highest BCUT2D eigenvalue weighted by Gasteiger charge is 2.65. The average Bonchev–Trinajstić information content (AvgIpc) is 2.73. The maximum atomic E-state index is 12.6. The number of aliphatic hydroxyl groups excluding tert-OH is 1. The summed E-state index contributed by atoms with van der Waals surface area (Å²) < 4.78 is 15.3. The SMILES string of the molecule is CC(C)(C)OC(=O)OC1=C(O)C2CCN(OC(=O)OC(C)(C)C)[C@@H]3C(=O)N1[C@H]23. The van der Waals surface area contributed by atoms with Crippen molar-refractivity contribution in [2.75, 3.05) is 6.54 Å². The topological polar surface area (TPSA) is 115 Å². The molecule has 2 fully saturated rings. The first-order valence-corrected chi connectivity index (χ1v) is 9.13. The number of piperidine rings is 1. The number of ether oxygens (including phenoxy) is 3. The zero-order chi connectivity index (χ0) is 21.0. The van der Waals surface area contributed by atoms with Crippen molar-refractivity contribution in [3.63, 3.8) is 0 Å². The molecule has 0 aromatic rings. The summed E-state index contributed by atoms with van der Waals surface area (Å²) in [5, 5.41) is 11.7. The summed E-state index contributed by atoms with van der Waals surface area (Å²) in [5.41, 5.74) is -1.51. The Hall–Kier alpha value is -2.49. The molecule has 0 spiro atoms. The standard InChI is InChI=1S/C18H26N2O8/c1-17(2,3)26-15(23)25-14-12(21)9-7-8-19(11-10(9)20(14)13(11)22)28-16(24)27-18(4,5)6/h9-11,21H,7-8H2,1-6H3/t9?,10-,11+/m1/s1. The van der Waals surface area contributed by atoms with Gasteiger partial charge in [-0.15, -0.1) is 5.06 Å². The molecular formula is C18H26N2O8.